The van der Waals surface area contributed by atoms with Crippen molar-refractivity contribution in [1.29, 1.82) is 0 Å². The molecule has 0 aliphatic rings. The standard InChI is InChI=1S/C11H7ClO2S/c12-9-1-3-10(4-2-9)14-11(13)8-5-6-15-7-8/h1-7H. The average Bonchev–Trinajstić information content (AvgIpc) is 2.74. The summed E-state index contributed by atoms with van der Waals surface area (Å²) in [4.78, 5) is 11.5. The Kier molecular flexibility index (Phi) is 3.04. The highest BCUT2D eigenvalue weighted by Crippen LogP contribution is 2.17. The molecule has 0 radical (unpaired) electrons. The molecule has 0 spiro atoms. The lowest BCUT2D eigenvalue weighted by molar-refractivity contribution is 0.0735. The van der Waals surface area contributed by atoms with E-state index >= 15 is 0 Å². The van der Waals surface area contributed by atoms with Crippen molar-refractivity contribution in [2.75, 3.05) is 0 Å². The zero-order chi connectivity index (χ0) is 10.7. The van der Waals surface area contributed by atoms with Crippen molar-refractivity contribution in [1.82, 2.24) is 0 Å². The second-order valence-corrected chi connectivity index (χ2v) is 4.07. The molecule has 0 saturated carbocycles. The number of ether oxygens (including phenoxy) is 1. The fourth-order valence-electron chi connectivity index (χ4n) is 1.05. The number of rotatable bonds is 2. The van der Waals surface area contributed by atoms with Gasteiger partial charge >= 0.3 is 5.97 Å². The van der Waals surface area contributed by atoms with E-state index in [0.717, 1.165) is 0 Å². The molecule has 0 bridgehead atoms. The van der Waals surface area contributed by atoms with Crippen molar-refractivity contribution in [2.45, 2.75) is 0 Å². The largest absolute Gasteiger partial charge is 0.423 e. The Morgan fingerprint density at radius 3 is 2.53 bits per heavy atom. The van der Waals surface area contributed by atoms with Gasteiger partial charge in [0.2, 0.25) is 0 Å². The van der Waals surface area contributed by atoms with Crippen LogP contribution < -0.4 is 4.74 Å². The third-order valence-electron chi connectivity index (χ3n) is 1.78. The molecule has 2 rings (SSSR count). The van der Waals surface area contributed by atoms with E-state index in [0.29, 0.717) is 16.3 Å². The Bertz CT molecular complexity index is 448. The fourth-order valence-corrected chi connectivity index (χ4v) is 1.80. The van der Waals surface area contributed by atoms with Crippen molar-refractivity contribution in [3.05, 3.63) is 51.7 Å². The average molecular weight is 239 g/mol. The van der Waals surface area contributed by atoms with Crippen molar-refractivity contribution < 1.29 is 9.53 Å². The van der Waals surface area contributed by atoms with Crippen LogP contribution >= 0.6 is 22.9 Å². The number of carbonyl (C=O) groups is 1. The Morgan fingerprint density at radius 1 is 1.20 bits per heavy atom. The Morgan fingerprint density at radius 2 is 1.93 bits per heavy atom. The maximum absolute atomic E-state index is 11.5. The first-order chi connectivity index (χ1) is 7.25. The van der Waals surface area contributed by atoms with Gasteiger partial charge in [0.1, 0.15) is 5.75 Å². The van der Waals surface area contributed by atoms with Gasteiger partial charge in [-0.2, -0.15) is 11.3 Å². The summed E-state index contributed by atoms with van der Waals surface area (Å²) in [6.45, 7) is 0. The van der Waals surface area contributed by atoms with Gasteiger partial charge in [-0.15, -0.1) is 0 Å². The van der Waals surface area contributed by atoms with Gasteiger partial charge in [0.15, 0.2) is 0 Å². The molecule has 0 aliphatic heterocycles. The Balaban J connectivity index is 2.09. The van der Waals surface area contributed by atoms with Crippen molar-refractivity contribution in [3.63, 3.8) is 0 Å². The van der Waals surface area contributed by atoms with E-state index in [1.807, 2.05) is 5.38 Å². The van der Waals surface area contributed by atoms with E-state index in [1.54, 1.807) is 35.7 Å². The van der Waals surface area contributed by atoms with Crippen molar-refractivity contribution >= 4 is 28.9 Å². The van der Waals surface area contributed by atoms with Gasteiger partial charge in [-0.25, -0.2) is 4.79 Å². The number of benzene rings is 1. The predicted octanol–water partition coefficient (Wildman–Crippen LogP) is 3.62. The van der Waals surface area contributed by atoms with Crippen LogP contribution in [0.5, 0.6) is 5.75 Å². The minimum absolute atomic E-state index is 0.349. The summed E-state index contributed by atoms with van der Waals surface area (Å²) in [5, 5.41) is 4.20. The Hall–Kier alpha value is -1.32. The van der Waals surface area contributed by atoms with E-state index < -0.39 is 0 Å². The van der Waals surface area contributed by atoms with Crippen LogP contribution in [0.1, 0.15) is 10.4 Å². The van der Waals surface area contributed by atoms with Crippen molar-refractivity contribution in [2.24, 2.45) is 0 Å². The van der Waals surface area contributed by atoms with Crippen LogP contribution in [0, 0.1) is 0 Å². The normalized spacial score (nSPS) is 9.93. The van der Waals surface area contributed by atoms with E-state index in [9.17, 15) is 4.79 Å². The molecule has 0 amide bonds. The van der Waals surface area contributed by atoms with Crippen LogP contribution in [-0.2, 0) is 0 Å². The number of carbonyl (C=O) groups excluding carboxylic acids is 1. The van der Waals surface area contributed by atoms with Gasteiger partial charge in [0.05, 0.1) is 5.56 Å². The quantitative estimate of drug-likeness (QED) is 0.590. The van der Waals surface area contributed by atoms with Crippen LogP contribution in [-0.4, -0.2) is 5.97 Å². The number of halogens is 1. The molecule has 0 saturated heterocycles. The lowest BCUT2D eigenvalue weighted by Gasteiger charge is -2.01. The maximum Gasteiger partial charge on any atom is 0.344 e. The second kappa shape index (κ2) is 4.47. The zero-order valence-corrected chi connectivity index (χ0v) is 9.22. The summed E-state index contributed by atoms with van der Waals surface area (Å²) in [5.74, 6) is 0.147. The molecule has 1 heterocycles. The molecule has 0 fully saturated rings. The number of esters is 1. The molecule has 0 atom stereocenters. The van der Waals surface area contributed by atoms with Gasteiger partial charge in [-0.05, 0) is 35.7 Å². The molecule has 4 heteroatoms. The third kappa shape index (κ3) is 2.58. The van der Waals surface area contributed by atoms with Crippen molar-refractivity contribution in [3.8, 4) is 5.75 Å². The molecule has 1 aromatic carbocycles. The zero-order valence-electron chi connectivity index (χ0n) is 7.64. The highest BCUT2D eigenvalue weighted by Gasteiger charge is 2.08. The maximum atomic E-state index is 11.5. The first kappa shape index (κ1) is 10.2. The first-order valence-electron chi connectivity index (χ1n) is 4.25. The third-order valence-corrected chi connectivity index (χ3v) is 2.72. The van der Waals surface area contributed by atoms with Crippen LogP contribution in [0.15, 0.2) is 41.1 Å². The smallest absolute Gasteiger partial charge is 0.344 e. The number of hydrogen-bond donors (Lipinski definition) is 0. The van der Waals surface area contributed by atoms with Crippen LogP contribution in [0.25, 0.3) is 0 Å². The van der Waals surface area contributed by atoms with Gasteiger partial charge in [0, 0.05) is 10.4 Å². The fraction of sp³-hybridized carbons (Fsp3) is 0. The summed E-state index contributed by atoms with van der Waals surface area (Å²) < 4.78 is 5.12. The minimum atomic E-state index is -0.349. The van der Waals surface area contributed by atoms with Gasteiger partial charge in [0.25, 0.3) is 0 Å². The lowest BCUT2D eigenvalue weighted by atomic mass is 10.3. The lowest BCUT2D eigenvalue weighted by Crippen LogP contribution is -2.06. The van der Waals surface area contributed by atoms with Crippen LogP contribution in [0.3, 0.4) is 0 Å². The molecule has 0 aliphatic carbocycles. The molecule has 2 nitrogen and oxygen atoms in total. The van der Waals surface area contributed by atoms with E-state index in [2.05, 4.69) is 0 Å². The van der Waals surface area contributed by atoms with Crippen LogP contribution in [0.2, 0.25) is 5.02 Å². The molecule has 1 aromatic heterocycles. The summed E-state index contributed by atoms with van der Waals surface area (Å²) >= 11 is 7.17. The predicted molar refractivity (Wildman–Crippen MR) is 60.7 cm³/mol. The molecule has 0 N–H and O–H groups in total. The minimum Gasteiger partial charge on any atom is -0.423 e. The second-order valence-electron chi connectivity index (χ2n) is 2.86. The topological polar surface area (TPSA) is 26.3 Å². The summed E-state index contributed by atoms with van der Waals surface area (Å²) in [7, 11) is 0. The van der Waals surface area contributed by atoms with E-state index in [1.165, 1.54) is 11.3 Å². The molecule has 76 valence electrons. The monoisotopic (exact) mass is 238 g/mol. The highest BCUT2D eigenvalue weighted by atomic mass is 35.5. The van der Waals surface area contributed by atoms with E-state index in [4.69, 9.17) is 16.3 Å². The Labute approximate surface area is 96.1 Å². The first-order valence-corrected chi connectivity index (χ1v) is 5.58. The summed E-state index contributed by atoms with van der Waals surface area (Å²) in [6.07, 6.45) is 0. The molecular formula is C11H7ClO2S. The number of thiophene rings is 1. The molecule has 2 aromatic rings. The van der Waals surface area contributed by atoms with E-state index in [-0.39, 0.29) is 5.97 Å². The van der Waals surface area contributed by atoms with Gasteiger partial charge in [-0.1, -0.05) is 11.6 Å². The summed E-state index contributed by atoms with van der Waals surface area (Å²) in [6, 6.07) is 8.40. The SMILES string of the molecule is O=C(Oc1ccc(Cl)cc1)c1ccsc1. The summed E-state index contributed by atoms with van der Waals surface area (Å²) in [5.41, 5.74) is 0.565. The molecular weight excluding hydrogens is 232 g/mol. The highest BCUT2D eigenvalue weighted by molar-refractivity contribution is 7.08. The molecule has 0 unspecified atom stereocenters. The van der Waals surface area contributed by atoms with Crippen LogP contribution in [0.4, 0.5) is 0 Å². The molecule has 15 heavy (non-hydrogen) atoms. The van der Waals surface area contributed by atoms with Gasteiger partial charge in [-0.3, -0.25) is 0 Å². The number of hydrogen-bond acceptors (Lipinski definition) is 3. The van der Waals surface area contributed by atoms with Gasteiger partial charge < -0.3 is 4.74 Å².